The first-order valence-corrected chi connectivity index (χ1v) is 11.9. The van der Waals surface area contributed by atoms with Gasteiger partial charge in [0, 0.05) is 17.7 Å². The predicted molar refractivity (Wildman–Crippen MR) is 138 cm³/mol. The molecular weight excluding hydrogens is 440 g/mol. The quantitative estimate of drug-likeness (QED) is 0.455. The van der Waals surface area contributed by atoms with Gasteiger partial charge in [0.1, 0.15) is 5.75 Å². The third kappa shape index (κ3) is 4.44. The van der Waals surface area contributed by atoms with Gasteiger partial charge < -0.3 is 24.8 Å². The summed E-state index contributed by atoms with van der Waals surface area (Å²) >= 11 is 0. The standard InChI is InChI=1S/C29H30N2O4/c1-4-35-26-14-11-19(17-27(26)34-3)20-15-24-28(25(32)16-20)29(18-9-12-21(33-2)13-10-18)31-23-8-6-5-7-22(23)30-24/h5-14,17,20,29-31H,4,15-16H2,1-3H3. The van der Waals surface area contributed by atoms with E-state index < -0.39 is 0 Å². The highest BCUT2D eigenvalue weighted by molar-refractivity contribution is 6.01. The number of carbonyl (C=O) groups excluding carboxylic acids is 1. The number of ether oxygens (including phenoxy) is 3. The highest BCUT2D eigenvalue weighted by Crippen LogP contribution is 2.45. The summed E-state index contributed by atoms with van der Waals surface area (Å²) in [6, 6.07) is 21.7. The van der Waals surface area contributed by atoms with E-state index in [-0.39, 0.29) is 17.7 Å². The van der Waals surface area contributed by atoms with E-state index in [1.807, 2.05) is 73.7 Å². The fourth-order valence-corrected chi connectivity index (χ4v) is 4.99. The minimum atomic E-state index is -0.254. The molecule has 35 heavy (non-hydrogen) atoms. The second-order valence-corrected chi connectivity index (χ2v) is 8.78. The zero-order valence-electron chi connectivity index (χ0n) is 20.3. The molecule has 5 rings (SSSR count). The first kappa shape index (κ1) is 22.8. The Morgan fingerprint density at radius 1 is 0.857 bits per heavy atom. The number of rotatable bonds is 6. The third-order valence-corrected chi connectivity index (χ3v) is 6.72. The summed E-state index contributed by atoms with van der Waals surface area (Å²) in [6.45, 7) is 2.51. The van der Waals surface area contributed by atoms with Gasteiger partial charge in [-0.25, -0.2) is 0 Å². The first-order valence-electron chi connectivity index (χ1n) is 11.9. The number of benzene rings is 3. The number of allylic oxidation sites excluding steroid dienone is 1. The lowest BCUT2D eigenvalue weighted by atomic mass is 9.78. The molecule has 3 aromatic rings. The molecule has 2 N–H and O–H groups in total. The summed E-state index contributed by atoms with van der Waals surface area (Å²) in [5, 5.41) is 7.21. The lowest BCUT2D eigenvalue weighted by molar-refractivity contribution is -0.116. The van der Waals surface area contributed by atoms with E-state index in [1.165, 1.54) is 0 Å². The van der Waals surface area contributed by atoms with Crippen LogP contribution in [0.25, 0.3) is 0 Å². The maximum Gasteiger partial charge on any atom is 0.163 e. The fraction of sp³-hybridized carbons (Fsp3) is 0.276. The molecule has 0 fully saturated rings. The average Bonchev–Trinajstić information content (AvgIpc) is 3.06. The number of methoxy groups -OCH3 is 2. The van der Waals surface area contributed by atoms with Crippen LogP contribution >= 0.6 is 0 Å². The molecule has 180 valence electrons. The lowest BCUT2D eigenvalue weighted by Crippen LogP contribution is -2.26. The molecule has 2 unspecified atom stereocenters. The van der Waals surface area contributed by atoms with E-state index in [1.54, 1.807) is 14.2 Å². The molecule has 0 aromatic heterocycles. The van der Waals surface area contributed by atoms with Crippen molar-refractivity contribution in [2.24, 2.45) is 0 Å². The maximum absolute atomic E-state index is 13.7. The average molecular weight is 471 g/mol. The summed E-state index contributed by atoms with van der Waals surface area (Å²) in [5.74, 6) is 2.37. The van der Waals surface area contributed by atoms with Crippen LogP contribution in [0.5, 0.6) is 17.2 Å². The van der Waals surface area contributed by atoms with Gasteiger partial charge in [-0.05, 0) is 66.8 Å². The molecule has 1 aliphatic heterocycles. The van der Waals surface area contributed by atoms with Gasteiger partial charge in [0.2, 0.25) is 0 Å². The highest BCUT2D eigenvalue weighted by Gasteiger charge is 2.36. The number of hydrogen-bond donors (Lipinski definition) is 2. The highest BCUT2D eigenvalue weighted by atomic mass is 16.5. The van der Waals surface area contributed by atoms with Gasteiger partial charge in [0.15, 0.2) is 17.3 Å². The summed E-state index contributed by atoms with van der Waals surface area (Å²) in [5.41, 5.74) is 5.77. The van der Waals surface area contributed by atoms with Crippen LogP contribution < -0.4 is 24.8 Å². The van der Waals surface area contributed by atoms with E-state index in [9.17, 15) is 4.79 Å². The van der Waals surface area contributed by atoms with Gasteiger partial charge in [-0.1, -0.05) is 30.3 Å². The Balaban J connectivity index is 1.55. The van der Waals surface area contributed by atoms with Gasteiger partial charge in [-0.3, -0.25) is 4.79 Å². The number of carbonyl (C=O) groups is 1. The lowest BCUT2D eigenvalue weighted by Gasteiger charge is -2.30. The number of hydrogen-bond acceptors (Lipinski definition) is 6. The van der Waals surface area contributed by atoms with Crippen LogP contribution in [-0.2, 0) is 4.79 Å². The largest absolute Gasteiger partial charge is 0.497 e. The van der Waals surface area contributed by atoms with Crippen LogP contribution in [0.15, 0.2) is 78.0 Å². The molecule has 1 aliphatic carbocycles. The molecule has 3 aromatic carbocycles. The number of para-hydroxylation sites is 2. The number of anilines is 2. The minimum absolute atomic E-state index is 0.0418. The molecule has 6 nitrogen and oxygen atoms in total. The molecule has 2 aliphatic rings. The van der Waals surface area contributed by atoms with Crippen molar-refractivity contribution in [1.29, 1.82) is 0 Å². The van der Waals surface area contributed by atoms with Crippen LogP contribution in [0.2, 0.25) is 0 Å². The molecule has 1 heterocycles. The molecule has 0 amide bonds. The van der Waals surface area contributed by atoms with Crippen molar-refractivity contribution in [3.05, 3.63) is 89.1 Å². The summed E-state index contributed by atoms with van der Waals surface area (Å²) < 4.78 is 16.6. The molecule has 0 bridgehead atoms. The Morgan fingerprint density at radius 2 is 1.60 bits per heavy atom. The predicted octanol–water partition coefficient (Wildman–Crippen LogP) is 6.08. The van der Waals surface area contributed by atoms with E-state index in [0.29, 0.717) is 24.5 Å². The van der Waals surface area contributed by atoms with Gasteiger partial charge in [-0.15, -0.1) is 0 Å². The fourth-order valence-electron chi connectivity index (χ4n) is 4.99. The Morgan fingerprint density at radius 3 is 2.31 bits per heavy atom. The zero-order valence-corrected chi connectivity index (χ0v) is 20.3. The number of nitrogens with one attached hydrogen (secondary N) is 2. The Hall–Kier alpha value is -3.93. The van der Waals surface area contributed by atoms with Crippen LogP contribution in [0.4, 0.5) is 11.4 Å². The van der Waals surface area contributed by atoms with E-state index in [4.69, 9.17) is 14.2 Å². The van der Waals surface area contributed by atoms with E-state index in [0.717, 1.165) is 45.9 Å². The Labute approximate surface area is 205 Å². The van der Waals surface area contributed by atoms with E-state index >= 15 is 0 Å². The topological polar surface area (TPSA) is 68.8 Å². The van der Waals surface area contributed by atoms with Gasteiger partial charge in [0.25, 0.3) is 0 Å². The number of ketones is 1. The van der Waals surface area contributed by atoms with Crippen LogP contribution in [-0.4, -0.2) is 26.6 Å². The van der Waals surface area contributed by atoms with Gasteiger partial charge in [-0.2, -0.15) is 0 Å². The van der Waals surface area contributed by atoms with Crippen LogP contribution in [0, 0.1) is 0 Å². The van der Waals surface area contributed by atoms with Crippen molar-refractivity contribution >= 4 is 17.2 Å². The van der Waals surface area contributed by atoms with Crippen LogP contribution in [0.3, 0.4) is 0 Å². The smallest absolute Gasteiger partial charge is 0.163 e. The molecule has 0 saturated heterocycles. The second-order valence-electron chi connectivity index (χ2n) is 8.78. The molecule has 0 saturated carbocycles. The normalized spacial score (nSPS) is 19.0. The SMILES string of the molecule is CCOc1ccc(C2CC(=O)C3=C(C2)Nc2ccccc2NC3c2ccc(OC)cc2)cc1OC. The monoisotopic (exact) mass is 470 g/mol. The molecular formula is C29H30N2O4. The maximum atomic E-state index is 13.7. The number of Topliss-reactive ketones (excluding diaryl/α,β-unsaturated/α-hetero) is 1. The molecule has 0 radical (unpaired) electrons. The number of fused-ring (bicyclic) bond motifs is 1. The van der Waals surface area contributed by atoms with Crippen molar-refractivity contribution in [2.45, 2.75) is 31.7 Å². The first-order chi connectivity index (χ1) is 17.1. The molecule has 6 heteroatoms. The van der Waals surface area contributed by atoms with Crippen LogP contribution in [0.1, 0.15) is 42.9 Å². The molecule has 2 atom stereocenters. The third-order valence-electron chi connectivity index (χ3n) is 6.72. The van der Waals surface area contributed by atoms with E-state index in [2.05, 4.69) is 10.6 Å². The van der Waals surface area contributed by atoms with Crippen molar-refractivity contribution < 1.29 is 19.0 Å². The van der Waals surface area contributed by atoms with Gasteiger partial charge in [0.05, 0.1) is 38.2 Å². The van der Waals surface area contributed by atoms with Crippen molar-refractivity contribution in [3.63, 3.8) is 0 Å². The van der Waals surface area contributed by atoms with Crippen molar-refractivity contribution in [2.75, 3.05) is 31.5 Å². The zero-order chi connectivity index (χ0) is 24.4. The Bertz CT molecular complexity index is 1270. The van der Waals surface area contributed by atoms with Crippen molar-refractivity contribution in [3.8, 4) is 17.2 Å². The summed E-state index contributed by atoms with van der Waals surface area (Å²) in [6.07, 6.45) is 1.16. The minimum Gasteiger partial charge on any atom is -0.497 e. The Kier molecular flexibility index (Phi) is 6.36. The summed E-state index contributed by atoms with van der Waals surface area (Å²) in [4.78, 5) is 13.7. The summed E-state index contributed by atoms with van der Waals surface area (Å²) in [7, 11) is 3.30. The van der Waals surface area contributed by atoms with Gasteiger partial charge >= 0.3 is 0 Å². The second kappa shape index (κ2) is 9.74. The van der Waals surface area contributed by atoms with Crippen molar-refractivity contribution in [1.82, 2.24) is 0 Å². The molecule has 0 spiro atoms.